The van der Waals surface area contributed by atoms with E-state index in [-0.39, 0.29) is 0 Å². The average molecular weight is 270 g/mol. The first-order valence-corrected chi connectivity index (χ1v) is 6.61. The lowest BCUT2D eigenvalue weighted by Gasteiger charge is -2.17. The van der Waals surface area contributed by atoms with Gasteiger partial charge in [-0.25, -0.2) is 4.98 Å². The molecule has 0 aliphatic carbocycles. The summed E-state index contributed by atoms with van der Waals surface area (Å²) in [5, 5.41) is 9.12. The summed E-state index contributed by atoms with van der Waals surface area (Å²) in [6, 6.07) is 8.27. The van der Waals surface area contributed by atoms with Crippen LogP contribution in [-0.2, 0) is 0 Å². The van der Waals surface area contributed by atoms with Crippen LogP contribution in [0.4, 0.5) is 0 Å². The number of nitrogens with zero attached hydrogens (tertiary/aromatic N) is 4. The van der Waals surface area contributed by atoms with Gasteiger partial charge < -0.3 is 4.57 Å². The highest BCUT2D eigenvalue weighted by Crippen LogP contribution is 2.20. The quantitative estimate of drug-likeness (QED) is 0.838. The van der Waals surface area contributed by atoms with Crippen molar-refractivity contribution in [2.45, 2.75) is 13.3 Å². The summed E-state index contributed by atoms with van der Waals surface area (Å²) in [5.41, 5.74) is 3.22. The molecule has 1 aromatic carbocycles. The van der Waals surface area contributed by atoms with Crippen molar-refractivity contribution in [2.75, 3.05) is 0 Å². The van der Waals surface area contributed by atoms with E-state index >= 15 is 0 Å². The molecule has 1 aliphatic rings. The SMILES string of the molecule is CC1CC(S)=NN=C1c1ccc(-n2ccnc2)cc1. The highest BCUT2D eigenvalue weighted by atomic mass is 32.1. The Balaban J connectivity index is 1.91. The van der Waals surface area contributed by atoms with Crippen LogP contribution in [-0.4, -0.2) is 20.3 Å². The number of thiol groups is 1. The highest BCUT2D eigenvalue weighted by Gasteiger charge is 2.18. The van der Waals surface area contributed by atoms with E-state index in [0.29, 0.717) is 5.92 Å². The van der Waals surface area contributed by atoms with E-state index in [0.717, 1.165) is 28.4 Å². The molecule has 0 bridgehead atoms. The second kappa shape index (κ2) is 5.01. The Labute approximate surface area is 117 Å². The Kier molecular flexibility index (Phi) is 3.21. The minimum absolute atomic E-state index is 0.351. The van der Waals surface area contributed by atoms with Crippen LogP contribution in [0.1, 0.15) is 18.9 Å². The molecule has 5 heteroatoms. The second-order valence-corrected chi connectivity index (χ2v) is 5.14. The van der Waals surface area contributed by atoms with E-state index in [4.69, 9.17) is 0 Å². The fraction of sp³-hybridized carbons (Fsp3) is 0.214. The van der Waals surface area contributed by atoms with Crippen molar-refractivity contribution in [3.05, 3.63) is 48.5 Å². The number of benzene rings is 1. The van der Waals surface area contributed by atoms with Crippen molar-refractivity contribution >= 4 is 23.4 Å². The number of imidazole rings is 1. The second-order valence-electron chi connectivity index (χ2n) is 4.62. The Morgan fingerprint density at radius 3 is 2.63 bits per heavy atom. The molecule has 0 fully saturated rings. The maximum atomic E-state index is 4.26. The predicted octanol–water partition coefficient (Wildman–Crippen LogP) is 2.94. The van der Waals surface area contributed by atoms with Crippen molar-refractivity contribution in [1.29, 1.82) is 0 Å². The van der Waals surface area contributed by atoms with Gasteiger partial charge in [-0.15, -0.1) is 17.7 Å². The first-order valence-electron chi connectivity index (χ1n) is 6.16. The van der Waals surface area contributed by atoms with Crippen LogP contribution in [0.3, 0.4) is 0 Å². The topological polar surface area (TPSA) is 42.5 Å². The summed E-state index contributed by atoms with van der Waals surface area (Å²) in [5.74, 6) is 0.351. The van der Waals surface area contributed by atoms with Gasteiger partial charge in [0.2, 0.25) is 0 Å². The summed E-state index contributed by atoms with van der Waals surface area (Å²) in [7, 11) is 0. The lowest BCUT2D eigenvalue weighted by Crippen LogP contribution is -2.18. The van der Waals surface area contributed by atoms with Crippen molar-refractivity contribution in [3.63, 3.8) is 0 Å². The lowest BCUT2D eigenvalue weighted by atomic mass is 9.95. The zero-order chi connectivity index (χ0) is 13.2. The molecule has 0 amide bonds. The first-order chi connectivity index (χ1) is 9.24. The Hall–Kier alpha value is -1.88. The van der Waals surface area contributed by atoms with Gasteiger partial charge in [0.25, 0.3) is 0 Å². The van der Waals surface area contributed by atoms with Gasteiger partial charge >= 0.3 is 0 Å². The van der Waals surface area contributed by atoms with Crippen molar-refractivity contribution in [2.24, 2.45) is 16.1 Å². The Morgan fingerprint density at radius 1 is 1.21 bits per heavy atom. The van der Waals surface area contributed by atoms with Crippen LogP contribution in [0.15, 0.2) is 53.2 Å². The van der Waals surface area contributed by atoms with Gasteiger partial charge in [0.1, 0.15) is 0 Å². The Bertz CT molecular complexity index is 626. The molecule has 0 N–H and O–H groups in total. The number of hydrogen-bond acceptors (Lipinski definition) is 3. The minimum atomic E-state index is 0.351. The molecule has 1 aromatic heterocycles. The molecule has 3 rings (SSSR count). The fourth-order valence-corrected chi connectivity index (χ4v) is 2.50. The molecular weight excluding hydrogens is 256 g/mol. The molecule has 0 radical (unpaired) electrons. The smallest absolute Gasteiger partial charge is 0.0991 e. The lowest BCUT2D eigenvalue weighted by molar-refractivity contribution is 0.798. The number of hydrogen-bond donors (Lipinski definition) is 1. The third-order valence-corrected chi connectivity index (χ3v) is 3.47. The largest absolute Gasteiger partial charge is 0.306 e. The van der Waals surface area contributed by atoms with Crippen LogP contribution in [0.2, 0.25) is 0 Å². The molecular formula is C14H14N4S. The molecule has 2 aromatic rings. The number of rotatable bonds is 2. The van der Waals surface area contributed by atoms with Gasteiger partial charge in [-0.2, -0.15) is 5.10 Å². The summed E-state index contributed by atoms with van der Waals surface area (Å²) < 4.78 is 1.97. The van der Waals surface area contributed by atoms with E-state index in [2.05, 4.69) is 59.0 Å². The third-order valence-electron chi connectivity index (χ3n) is 3.19. The van der Waals surface area contributed by atoms with Gasteiger partial charge in [0, 0.05) is 30.4 Å². The summed E-state index contributed by atoms with van der Waals surface area (Å²) in [6.45, 7) is 2.15. The van der Waals surface area contributed by atoms with E-state index in [9.17, 15) is 0 Å². The normalized spacial score (nSPS) is 18.9. The highest BCUT2D eigenvalue weighted by molar-refractivity contribution is 7.97. The van der Waals surface area contributed by atoms with Gasteiger partial charge in [0.15, 0.2) is 0 Å². The Morgan fingerprint density at radius 2 is 2.00 bits per heavy atom. The molecule has 0 saturated carbocycles. The van der Waals surface area contributed by atoms with E-state index in [1.165, 1.54) is 0 Å². The van der Waals surface area contributed by atoms with Gasteiger partial charge in [-0.1, -0.05) is 19.1 Å². The summed E-state index contributed by atoms with van der Waals surface area (Å²) in [4.78, 5) is 4.04. The standard InChI is InChI=1S/C14H14N4S/c1-10-8-13(19)16-17-14(10)11-2-4-12(5-3-11)18-7-6-15-9-18/h2-7,9-10H,8H2,1H3,(H,16,19). The van der Waals surface area contributed by atoms with Gasteiger partial charge in [0.05, 0.1) is 17.1 Å². The molecule has 1 unspecified atom stereocenters. The molecule has 0 spiro atoms. The van der Waals surface area contributed by atoms with Crippen LogP contribution in [0.25, 0.3) is 5.69 Å². The molecule has 4 nitrogen and oxygen atoms in total. The molecule has 96 valence electrons. The van der Waals surface area contributed by atoms with Crippen molar-refractivity contribution < 1.29 is 0 Å². The zero-order valence-corrected chi connectivity index (χ0v) is 11.5. The predicted molar refractivity (Wildman–Crippen MR) is 80.3 cm³/mol. The maximum Gasteiger partial charge on any atom is 0.0991 e. The summed E-state index contributed by atoms with van der Waals surface area (Å²) in [6.07, 6.45) is 6.33. The zero-order valence-electron chi connectivity index (χ0n) is 10.6. The van der Waals surface area contributed by atoms with Crippen LogP contribution >= 0.6 is 12.6 Å². The molecule has 0 saturated heterocycles. The van der Waals surface area contributed by atoms with Crippen LogP contribution in [0, 0.1) is 5.92 Å². The van der Waals surface area contributed by atoms with Crippen molar-refractivity contribution in [1.82, 2.24) is 9.55 Å². The third kappa shape index (κ3) is 2.46. The molecule has 1 atom stereocenters. The number of aromatic nitrogens is 2. The fourth-order valence-electron chi connectivity index (χ4n) is 2.18. The van der Waals surface area contributed by atoms with Gasteiger partial charge in [-0.05, 0) is 17.7 Å². The maximum absolute atomic E-state index is 4.26. The monoisotopic (exact) mass is 270 g/mol. The van der Waals surface area contributed by atoms with E-state index in [1.807, 2.05) is 10.8 Å². The average Bonchev–Trinajstić information content (AvgIpc) is 2.93. The molecule has 1 aliphatic heterocycles. The molecule has 19 heavy (non-hydrogen) atoms. The van der Waals surface area contributed by atoms with Crippen LogP contribution < -0.4 is 0 Å². The van der Waals surface area contributed by atoms with Crippen LogP contribution in [0.5, 0.6) is 0 Å². The van der Waals surface area contributed by atoms with E-state index < -0.39 is 0 Å². The first kappa shape index (κ1) is 12.2. The van der Waals surface area contributed by atoms with Gasteiger partial charge in [-0.3, -0.25) is 0 Å². The van der Waals surface area contributed by atoms with Crippen molar-refractivity contribution in [3.8, 4) is 5.69 Å². The minimum Gasteiger partial charge on any atom is -0.306 e. The van der Waals surface area contributed by atoms with E-state index in [1.54, 1.807) is 12.5 Å². The summed E-state index contributed by atoms with van der Waals surface area (Å²) >= 11 is 4.26. The molecule has 2 heterocycles.